The first-order valence-electron chi connectivity index (χ1n) is 5.64. The van der Waals surface area contributed by atoms with Crippen molar-refractivity contribution in [3.8, 4) is 0 Å². The van der Waals surface area contributed by atoms with Crippen LogP contribution >= 0.6 is 24.4 Å². The quantitative estimate of drug-likeness (QED) is 0.563. The Morgan fingerprint density at radius 2 is 2.05 bits per heavy atom. The van der Waals surface area contributed by atoms with E-state index in [2.05, 4.69) is 4.98 Å². The van der Waals surface area contributed by atoms with E-state index in [-0.39, 0.29) is 9.41 Å². The summed E-state index contributed by atoms with van der Waals surface area (Å²) in [7, 11) is 0. The number of aromatic amines is 1. The normalized spacial score (nSPS) is 33.3. The van der Waals surface area contributed by atoms with E-state index in [1.54, 1.807) is 0 Å². The van der Waals surface area contributed by atoms with E-state index in [0.717, 1.165) is 6.20 Å². The zero-order valence-electron chi connectivity index (χ0n) is 10.2. The summed E-state index contributed by atoms with van der Waals surface area (Å²) in [6.07, 6.45) is -11.0. The number of aromatic nitrogens is 2. The summed E-state index contributed by atoms with van der Waals surface area (Å²) in [5, 5.41) is 18.5. The first-order chi connectivity index (χ1) is 9.62. The van der Waals surface area contributed by atoms with E-state index in [9.17, 15) is 22.7 Å². The molecule has 0 aliphatic carbocycles. The van der Waals surface area contributed by atoms with Crippen LogP contribution in [0.4, 0.5) is 17.6 Å². The smallest absolute Gasteiger partial charge is 0.394 e. The number of aliphatic hydroxyl groups is 2. The van der Waals surface area contributed by atoms with Gasteiger partial charge in [0.05, 0.1) is 6.61 Å². The molecule has 0 aromatic carbocycles. The lowest BCUT2D eigenvalue weighted by Gasteiger charge is -2.31. The van der Waals surface area contributed by atoms with Crippen LogP contribution in [0.25, 0.3) is 0 Å². The average molecular weight is 346 g/mol. The Balaban J connectivity index is 2.60. The van der Waals surface area contributed by atoms with Crippen molar-refractivity contribution in [1.29, 1.82) is 0 Å². The molecular weight excluding hydrogens is 336 g/mol. The molecule has 2 heterocycles. The Morgan fingerprint density at radius 1 is 1.43 bits per heavy atom. The number of H-pyrrole nitrogens is 1. The summed E-state index contributed by atoms with van der Waals surface area (Å²) in [6.45, 7) is -0.977. The topological polar surface area (TPSA) is 70.4 Å². The largest absolute Gasteiger partial charge is 0.429 e. The van der Waals surface area contributed by atoms with Crippen molar-refractivity contribution >= 4 is 24.4 Å². The second kappa shape index (κ2) is 5.39. The van der Waals surface area contributed by atoms with Crippen LogP contribution < -0.4 is 0 Å². The number of ether oxygens (including phenoxy) is 1. The van der Waals surface area contributed by atoms with Crippen LogP contribution in [0.2, 0.25) is 0 Å². The molecule has 0 radical (unpaired) electrons. The zero-order chi connectivity index (χ0) is 16.0. The molecule has 1 aliphatic rings. The minimum Gasteiger partial charge on any atom is -0.394 e. The van der Waals surface area contributed by atoms with Gasteiger partial charge in [0, 0.05) is 6.20 Å². The summed E-state index contributed by atoms with van der Waals surface area (Å²) >= 11 is 9.55. The van der Waals surface area contributed by atoms with Crippen LogP contribution in [0, 0.1) is 9.41 Å². The number of alkyl halides is 4. The van der Waals surface area contributed by atoms with Gasteiger partial charge in [0.1, 0.15) is 16.8 Å². The molecule has 1 saturated heterocycles. The van der Waals surface area contributed by atoms with Gasteiger partial charge in [0.2, 0.25) is 0 Å². The van der Waals surface area contributed by atoms with E-state index in [1.807, 2.05) is 0 Å². The molecule has 2 unspecified atom stereocenters. The van der Waals surface area contributed by atoms with Gasteiger partial charge < -0.3 is 19.9 Å². The number of halogens is 4. The van der Waals surface area contributed by atoms with Crippen LogP contribution in [0.3, 0.4) is 0 Å². The number of aliphatic hydroxyl groups excluding tert-OH is 2. The third-order valence-corrected chi connectivity index (χ3v) is 3.71. The predicted octanol–water partition coefficient (Wildman–Crippen LogP) is 1.80. The fraction of sp³-hybridized carbons (Fsp3) is 0.600. The lowest BCUT2D eigenvalue weighted by atomic mass is 9.95. The second-order valence-electron chi connectivity index (χ2n) is 4.44. The highest BCUT2D eigenvalue weighted by atomic mass is 32.1. The molecule has 5 nitrogen and oxygen atoms in total. The molecular formula is C10H10F4N2O3S2. The highest BCUT2D eigenvalue weighted by Gasteiger charge is 2.72. The van der Waals surface area contributed by atoms with Gasteiger partial charge in [-0.3, -0.25) is 4.57 Å². The minimum atomic E-state index is -5.43. The lowest BCUT2D eigenvalue weighted by molar-refractivity contribution is -0.273. The van der Waals surface area contributed by atoms with Crippen molar-refractivity contribution in [3.63, 3.8) is 0 Å². The van der Waals surface area contributed by atoms with E-state index in [4.69, 9.17) is 34.3 Å². The Morgan fingerprint density at radius 3 is 2.52 bits per heavy atom. The number of hydrogen-bond donors (Lipinski definition) is 3. The highest BCUT2D eigenvalue weighted by Crippen LogP contribution is 2.51. The standard InChI is InChI=1S/C10H10F4N2O3S2/c11-9(10(12,13)14)6(18)4(3-17)19-7(9)16-2-1-5(20)15-8(16)21/h1-2,4,6-7,17-18H,3H2,(H,15,20,21)/t4-,6?,7-,9?/m1/s1. The summed E-state index contributed by atoms with van der Waals surface area (Å²) in [5.41, 5.74) is -4.12. The first kappa shape index (κ1) is 16.5. The molecule has 11 heteroatoms. The number of nitrogens with one attached hydrogen (secondary N) is 1. The molecule has 1 aromatic rings. The number of nitrogens with zero attached hydrogens (tertiary/aromatic N) is 1. The maximum atomic E-state index is 14.6. The van der Waals surface area contributed by atoms with Crippen molar-refractivity contribution in [1.82, 2.24) is 9.55 Å². The van der Waals surface area contributed by atoms with Crippen molar-refractivity contribution < 1.29 is 32.5 Å². The third-order valence-electron chi connectivity index (χ3n) is 3.16. The molecule has 4 atom stereocenters. The van der Waals surface area contributed by atoms with Crippen molar-refractivity contribution in [2.24, 2.45) is 0 Å². The lowest BCUT2D eigenvalue weighted by Crippen LogP contribution is -2.54. The van der Waals surface area contributed by atoms with Gasteiger partial charge in [-0.05, 0) is 18.3 Å². The molecule has 2 rings (SSSR count). The Kier molecular flexibility index (Phi) is 4.23. The summed E-state index contributed by atoms with van der Waals surface area (Å²) in [6, 6.07) is 1.20. The van der Waals surface area contributed by atoms with Crippen molar-refractivity contribution in [3.05, 3.63) is 21.7 Å². The molecule has 3 N–H and O–H groups in total. The zero-order valence-corrected chi connectivity index (χ0v) is 11.8. The summed E-state index contributed by atoms with van der Waals surface area (Å²) < 4.78 is 59.1. The maximum absolute atomic E-state index is 14.6. The molecule has 1 fully saturated rings. The molecule has 118 valence electrons. The minimum absolute atomic E-state index is 0.143. The van der Waals surface area contributed by atoms with Gasteiger partial charge in [-0.1, -0.05) is 12.2 Å². The van der Waals surface area contributed by atoms with Crippen molar-refractivity contribution in [2.75, 3.05) is 6.61 Å². The highest BCUT2D eigenvalue weighted by molar-refractivity contribution is 7.72. The SMILES string of the molecule is OC[C@H]1O[C@@H](n2ccc(=S)[nH]c2=S)C(F)(C(F)(F)F)C1O. The van der Waals surface area contributed by atoms with Crippen LogP contribution in [-0.4, -0.2) is 50.4 Å². The molecule has 0 saturated carbocycles. The maximum Gasteiger partial charge on any atom is 0.429 e. The Hall–Kier alpha value is -0.880. The van der Waals surface area contributed by atoms with Crippen LogP contribution in [0.1, 0.15) is 6.23 Å². The molecule has 0 bridgehead atoms. The molecule has 21 heavy (non-hydrogen) atoms. The fourth-order valence-electron chi connectivity index (χ4n) is 2.09. The second-order valence-corrected chi connectivity index (χ2v) is 5.26. The monoisotopic (exact) mass is 346 g/mol. The Bertz CT molecular complexity index is 646. The first-order valence-corrected chi connectivity index (χ1v) is 6.46. The van der Waals surface area contributed by atoms with Crippen LogP contribution in [0.5, 0.6) is 0 Å². The van der Waals surface area contributed by atoms with Gasteiger partial charge in [0.25, 0.3) is 5.67 Å². The van der Waals surface area contributed by atoms with Gasteiger partial charge in [-0.15, -0.1) is 0 Å². The van der Waals surface area contributed by atoms with Gasteiger partial charge in [-0.25, -0.2) is 4.39 Å². The van der Waals surface area contributed by atoms with E-state index in [1.165, 1.54) is 6.07 Å². The predicted molar refractivity (Wildman–Crippen MR) is 67.3 cm³/mol. The third kappa shape index (κ3) is 2.52. The van der Waals surface area contributed by atoms with Crippen molar-refractivity contribution in [2.45, 2.75) is 30.3 Å². The molecule has 0 amide bonds. The van der Waals surface area contributed by atoms with E-state index in [0.29, 0.717) is 4.57 Å². The summed E-state index contributed by atoms with van der Waals surface area (Å²) in [5.74, 6) is 0. The van der Waals surface area contributed by atoms with E-state index >= 15 is 0 Å². The molecule has 1 aromatic heterocycles. The fourth-order valence-corrected chi connectivity index (χ4v) is 2.57. The van der Waals surface area contributed by atoms with Gasteiger partial charge in [0.15, 0.2) is 11.0 Å². The number of rotatable bonds is 2. The van der Waals surface area contributed by atoms with Gasteiger partial charge >= 0.3 is 6.18 Å². The van der Waals surface area contributed by atoms with Crippen LogP contribution in [-0.2, 0) is 4.74 Å². The van der Waals surface area contributed by atoms with Gasteiger partial charge in [-0.2, -0.15) is 13.2 Å². The number of hydrogen-bond acceptors (Lipinski definition) is 5. The van der Waals surface area contributed by atoms with E-state index < -0.39 is 36.9 Å². The average Bonchev–Trinajstić information content (AvgIpc) is 2.63. The summed E-state index contributed by atoms with van der Waals surface area (Å²) in [4.78, 5) is 2.39. The Labute approximate surface area is 125 Å². The van der Waals surface area contributed by atoms with Crippen LogP contribution in [0.15, 0.2) is 12.3 Å². The molecule has 1 aliphatic heterocycles. The molecule has 0 spiro atoms.